The van der Waals surface area contributed by atoms with E-state index in [-0.39, 0.29) is 0 Å². The minimum Gasteiger partial charge on any atom is -0.389 e. The van der Waals surface area contributed by atoms with Crippen LogP contribution in [-0.2, 0) is 0 Å². The normalized spacial score (nSPS) is 27.2. The predicted molar refractivity (Wildman–Crippen MR) is 82.0 cm³/mol. The summed E-state index contributed by atoms with van der Waals surface area (Å²) in [5.41, 5.74) is 9.05. The van der Waals surface area contributed by atoms with E-state index < -0.39 is 0 Å². The van der Waals surface area contributed by atoms with Crippen LogP contribution in [0, 0.1) is 18.8 Å². The molecule has 3 unspecified atom stereocenters. The van der Waals surface area contributed by atoms with Gasteiger partial charge in [0.2, 0.25) is 0 Å². The van der Waals surface area contributed by atoms with Gasteiger partial charge in [0, 0.05) is 17.3 Å². The number of rotatable bonds is 3. The van der Waals surface area contributed by atoms with Crippen molar-refractivity contribution >= 4 is 22.9 Å². The predicted octanol–water partition coefficient (Wildman–Crippen LogP) is 3.48. The maximum atomic E-state index is 5.81. The average Bonchev–Trinajstić information content (AvgIpc) is 2.63. The molecule has 1 fully saturated rings. The van der Waals surface area contributed by atoms with Crippen LogP contribution in [0.1, 0.15) is 37.8 Å². The highest BCUT2D eigenvalue weighted by atomic mass is 32.1. The third-order valence-electron chi connectivity index (χ3n) is 4.25. The lowest BCUT2D eigenvalue weighted by Gasteiger charge is -2.22. The summed E-state index contributed by atoms with van der Waals surface area (Å²) in [7, 11) is 0. The SMILES string of the molecule is Cc1ccc(NC2CCC(C)C2C)c(C(N)=S)c1. The molecule has 2 nitrogen and oxygen atoms in total. The molecule has 2 rings (SSSR count). The van der Waals surface area contributed by atoms with Crippen LogP contribution in [0.25, 0.3) is 0 Å². The Balaban J connectivity index is 2.21. The van der Waals surface area contributed by atoms with Gasteiger partial charge in [0.1, 0.15) is 4.99 Å². The van der Waals surface area contributed by atoms with E-state index in [1.54, 1.807) is 0 Å². The van der Waals surface area contributed by atoms with Gasteiger partial charge in [-0.05, 0) is 43.7 Å². The van der Waals surface area contributed by atoms with E-state index in [0.717, 1.165) is 17.2 Å². The fourth-order valence-electron chi connectivity index (χ4n) is 2.76. The fourth-order valence-corrected chi connectivity index (χ4v) is 2.92. The molecule has 3 heteroatoms. The number of aryl methyl sites for hydroxylation is 1. The highest BCUT2D eigenvalue weighted by molar-refractivity contribution is 7.80. The topological polar surface area (TPSA) is 38.0 Å². The number of benzene rings is 1. The number of thiocarbonyl (C=S) groups is 1. The molecule has 0 radical (unpaired) electrons. The maximum absolute atomic E-state index is 5.81. The molecule has 3 N–H and O–H groups in total. The van der Waals surface area contributed by atoms with Gasteiger partial charge in [0.05, 0.1) is 0 Å². The van der Waals surface area contributed by atoms with Crippen molar-refractivity contribution in [3.05, 3.63) is 29.3 Å². The Morgan fingerprint density at radius 3 is 2.61 bits per heavy atom. The lowest BCUT2D eigenvalue weighted by atomic mass is 9.97. The van der Waals surface area contributed by atoms with E-state index in [1.807, 2.05) is 0 Å². The first-order chi connectivity index (χ1) is 8.49. The van der Waals surface area contributed by atoms with E-state index in [1.165, 1.54) is 18.4 Å². The smallest absolute Gasteiger partial charge is 0.106 e. The third-order valence-corrected chi connectivity index (χ3v) is 4.47. The second kappa shape index (κ2) is 5.27. The lowest BCUT2D eigenvalue weighted by Crippen LogP contribution is -2.25. The summed E-state index contributed by atoms with van der Waals surface area (Å²) < 4.78 is 0. The molecule has 0 aliphatic heterocycles. The van der Waals surface area contributed by atoms with Crippen LogP contribution >= 0.6 is 12.2 Å². The minimum absolute atomic E-state index is 0.472. The molecule has 98 valence electrons. The molecule has 1 aromatic carbocycles. The zero-order valence-electron chi connectivity index (χ0n) is 11.4. The highest BCUT2D eigenvalue weighted by Crippen LogP contribution is 2.34. The first kappa shape index (κ1) is 13.3. The summed E-state index contributed by atoms with van der Waals surface area (Å²) in [4.78, 5) is 0.472. The Morgan fingerprint density at radius 2 is 2.06 bits per heavy atom. The molecule has 0 spiro atoms. The van der Waals surface area contributed by atoms with Crippen molar-refractivity contribution in [3.63, 3.8) is 0 Å². The van der Waals surface area contributed by atoms with E-state index >= 15 is 0 Å². The van der Waals surface area contributed by atoms with Crippen molar-refractivity contribution in [1.82, 2.24) is 0 Å². The molecule has 3 atom stereocenters. The zero-order valence-corrected chi connectivity index (χ0v) is 12.2. The monoisotopic (exact) mass is 262 g/mol. The Morgan fingerprint density at radius 1 is 1.33 bits per heavy atom. The average molecular weight is 262 g/mol. The van der Waals surface area contributed by atoms with Crippen LogP contribution in [0.15, 0.2) is 18.2 Å². The number of anilines is 1. The minimum atomic E-state index is 0.472. The van der Waals surface area contributed by atoms with Crippen LogP contribution in [0.4, 0.5) is 5.69 Å². The van der Waals surface area contributed by atoms with Crippen LogP contribution in [-0.4, -0.2) is 11.0 Å². The van der Waals surface area contributed by atoms with Crippen molar-refractivity contribution in [1.29, 1.82) is 0 Å². The van der Waals surface area contributed by atoms with Gasteiger partial charge in [-0.3, -0.25) is 0 Å². The molecule has 18 heavy (non-hydrogen) atoms. The van der Waals surface area contributed by atoms with Crippen LogP contribution < -0.4 is 11.1 Å². The van der Waals surface area contributed by atoms with Gasteiger partial charge in [0.25, 0.3) is 0 Å². The Bertz CT molecular complexity index is 456. The van der Waals surface area contributed by atoms with E-state index in [9.17, 15) is 0 Å². The molecular weight excluding hydrogens is 240 g/mol. The molecule has 0 aromatic heterocycles. The summed E-state index contributed by atoms with van der Waals surface area (Å²) in [6.07, 6.45) is 2.53. The molecule has 1 aromatic rings. The first-order valence-electron chi connectivity index (χ1n) is 6.66. The third kappa shape index (κ3) is 2.66. The first-order valence-corrected chi connectivity index (χ1v) is 7.07. The van der Waals surface area contributed by atoms with Crippen molar-refractivity contribution in [2.45, 2.75) is 39.7 Å². The standard InChI is InChI=1S/C15H22N2S/c1-9-4-6-14(12(8-9)15(16)18)17-13-7-5-10(2)11(13)3/h4,6,8,10-11,13,17H,5,7H2,1-3H3,(H2,16,18). The van der Waals surface area contributed by atoms with Gasteiger partial charge in [0.15, 0.2) is 0 Å². The van der Waals surface area contributed by atoms with Gasteiger partial charge in [-0.15, -0.1) is 0 Å². The Hall–Kier alpha value is -1.09. The summed E-state index contributed by atoms with van der Waals surface area (Å²) >= 11 is 5.14. The van der Waals surface area contributed by atoms with Crippen LogP contribution in [0.3, 0.4) is 0 Å². The van der Waals surface area contributed by atoms with Crippen LogP contribution in [0.2, 0.25) is 0 Å². The number of nitrogens with one attached hydrogen (secondary N) is 1. The lowest BCUT2D eigenvalue weighted by molar-refractivity contribution is 0.435. The van der Waals surface area contributed by atoms with Crippen molar-refractivity contribution in [3.8, 4) is 0 Å². The van der Waals surface area contributed by atoms with E-state index in [4.69, 9.17) is 18.0 Å². The Kier molecular flexibility index (Phi) is 3.91. The number of nitrogens with two attached hydrogens (primary N) is 1. The second-order valence-electron chi connectivity index (χ2n) is 5.58. The molecule has 0 amide bonds. The van der Waals surface area contributed by atoms with Gasteiger partial charge in [-0.1, -0.05) is 37.7 Å². The number of hydrogen-bond donors (Lipinski definition) is 2. The molecule has 0 bridgehead atoms. The molecule has 1 aliphatic carbocycles. The van der Waals surface area contributed by atoms with Gasteiger partial charge in [-0.25, -0.2) is 0 Å². The molecular formula is C15H22N2S. The van der Waals surface area contributed by atoms with E-state index in [0.29, 0.717) is 16.9 Å². The molecule has 0 saturated heterocycles. The van der Waals surface area contributed by atoms with Crippen molar-refractivity contribution in [2.24, 2.45) is 17.6 Å². The fraction of sp³-hybridized carbons (Fsp3) is 0.533. The van der Waals surface area contributed by atoms with E-state index in [2.05, 4.69) is 44.3 Å². The van der Waals surface area contributed by atoms with Gasteiger partial charge >= 0.3 is 0 Å². The zero-order chi connectivity index (χ0) is 13.3. The van der Waals surface area contributed by atoms with Crippen LogP contribution in [0.5, 0.6) is 0 Å². The second-order valence-corrected chi connectivity index (χ2v) is 6.02. The molecule has 0 heterocycles. The summed E-state index contributed by atoms with van der Waals surface area (Å²) in [6, 6.07) is 6.80. The Labute approximate surface area is 115 Å². The summed E-state index contributed by atoms with van der Waals surface area (Å²) in [5, 5.41) is 3.63. The quantitative estimate of drug-likeness (QED) is 0.819. The summed E-state index contributed by atoms with van der Waals surface area (Å²) in [5.74, 6) is 1.49. The molecule has 1 aliphatic rings. The van der Waals surface area contributed by atoms with Gasteiger partial charge in [-0.2, -0.15) is 0 Å². The highest BCUT2D eigenvalue weighted by Gasteiger charge is 2.29. The van der Waals surface area contributed by atoms with Crippen molar-refractivity contribution < 1.29 is 0 Å². The maximum Gasteiger partial charge on any atom is 0.106 e. The number of hydrogen-bond acceptors (Lipinski definition) is 2. The largest absolute Gasteiger partial charge is 0.389 e. The van der Waals surface area contributed by atoms with Crippen molar-refractivity contribution in [2.75, 3.05) is 5.32 Å². The van der Waals surface area contributed by atoms with Gasteiger partial charge < -0.3 is 11.1 Å². The summed E-state index contributed by atoms with van der Waals surface area (Å²) in [6.45, 7) is 6.71. The molecule has 1 saturated carbocycles.